The van der Waals surface area contributed by atoms with Gasteiger partial charge in [0.25, 0.3) is 0 Å². The van der Waals surface area contributed by atoms with Crippen LogP contribution in [0.25, 0.3) is 0 Å². The summed E-state index contributed by atoms with van der Waals surface area (Å²) in [5.41, 5.74) is 0. The Morgan fingerprint density at radius 2 is 0.476 bits per heavy atom. The monoisotopic (exact) mass is 1130 g/mol. The molecule has 0 aromatic carbocycles. The fourth-order valence-electron chi connectivity index (χ4n) is 9.29. The third kappa shape index (κ3) is 66.4. The lowest BCUT2D eigenvalue weighted by molar-refractivity contribution is -0.167. The van der Waals surface area contributed by atoms with E-state index in [-0.39, 0.29) is 31.1 Å². The molecular formula is C76H126O6. The molecule has 0 aliphatic rings. The SMILES string of the molecule is CC/C=C\C/C=C\C/C=C\C/C=C\C/C=C\C/C=C\C/C=C\C/C=C\C/C=C\CCCCCC(=O)OCC(COC(=O)CCCCCCCCCCCC)OC(=O)CCCCCCCCCCCCC/C=C\C/C=C\CCCCCCC. The molecule has 82 heavy (non-hydrogen) atoms. The van der Waals surface area contributed by atoms with Crippen LogP contribution in [0.5, 0.6) is 0 Å². The molecule has 0 fully saturated rings. The predicted molar refractivity (Wildman–Crippen MR) is 357 cm³/mol. The normalized spacial score (nSPS) is 13.0. The van der Waals surface area contributed by atoms with Gasteiger partial charge in [-0.25, -0.2) is 0 Å². The molecule has 6 nitrogen and oxygen atoms in total. The molecule has 1 atom stereocenters. The molecule has 0 N–H and O–H groups in total. The van der Waals surface area contributed by atoms with Gasteiger partial charge < -0.3 is 14.2 Å². The van der Waals surface area contributed by atoms with Gasteiger partial charge in [0.15, 0.2) is 6.10 Å². The van der Waals surface area contributed by atoms with Gasteiger partial charge in [-0.2, -0.15) is 0 Å². The maximum absolute atomic E-state index is 12.9. The van der Waals surface area contributed by atoms with E-state index in [0.717, 1.165) is 128 Å². The molecule has 0 aliphatic heterocycles. The minimum atomic E-state index is -0.796. The number of carbonyl (C=O) groups is 3. The van der Waals surface area contributed by atoms with Crippen molar-refractivity contribution in [1.29, 1.82) is 0 Å². The van der Waals surface area contributed by atoms with Gasteiger partial charge in [-0.1, -0.05) is 302 Å². The summed E-state index contributed by atoms with van der Waals surface area (Å²) in [6.45, 7) is 6.49. The molecule has 0 aromatic heterocycles. The van der Waals surface area contributed by atoms with Gasteiger partial charge >= 0.3 is 17.9 Å². The maximum Gasteiger partial charge on any atom is 0.306 e. The molecule has 0 saturated carbocycles. The summed E-state index contributed by atoms with van der Waals surface area (Å²) < 4.78 is 16.9. The molecule has 0 spiro atoms. The lowest BCUT2D eigenvalue weighted by atomic mass is 10.0. The number of hydrogen-bond donors (Lipinski definition) is 0. The van der Waals surface area contributed by atoms with Crippen LogP contribution in [-0.2, 0) is 28.6 Å². The summed E-state index contributed by atoms with van der Waals surface area (Å²) in [6, 6.07) is 0. The van der Waals surface area contributed by atoms with Crippen LogP contribution in [0, 0.1) is 0 Å². The van der Waals surface area contributed by atoms with Crippen molar-refractivity contribution in [3.05, 3.63) is 134 Å². The third-order valence-corrected chi connectivity index (χ3v) is 14.4. The number of esters is 3. The number of carbonyl (C=O) groups excluding carboxylic acids is 3. The summed E-state index contributed by atoms with van der Waals surface area (Å²) in [4.78, 5) is 38.3. The van der Waals surface area contributed by atoms with Gasteiger partial charge in [-0.3, -0.25) is 14.4 Å². The number of allylic oxidation sites excluding steroid dienone is 22. The number of rotatable bonds is 61. The summed E-state index contributed by atoms with van der Waals surface area (Å²) in [5, 5.41) is 0. The highest BCUT2D eigenvalue weighted by atomic mass is 16.6. The van der Waals surface area contributed by atoms with E-state index in [0.29, 0.717) is 19.3 Å². The Labute approximate surface area is 506 Å². The molecule has 0 amide bonds. The molecule has 0 aromatic rings. The Hall–Kier alpha value is -4.45. The second kappa shape index (κ2) is 69.0. The van der Waals surface area contributed by atoms with E-state index >= 15 is 0 Å². The van der Waals surface area contributed by atoms with Crippen LogP contribution < -0.4 is 0 Å². The van der Waals surface area contributed by atoms with Gasteiger partial charge in [0.2, 0.25) is 0 Å². The highest BCUT2D eigenvalue weighted by Crippen LogP contribution is 2.16. The second-order valence-electron chi connectivity index (χ2n) is 22.4. The second-order valence-corrected chi connectivity index (χ2v) is 22.4. The van der Waals surface area contributed by atoms with Gasteiger partial charge in [-0.15, -0.1) is 0 Å². The largest absolute Gasteiger partial charge is 0.462 e. The lowest BCUT2D eigenvalue weighted by Crippen LogP contribution is -2.30. The van der Waals surface area contributed by atoms with Crippen molar-refractivity contribution >= 4 is 17.9 Å². The van der Waals surface area contributed by atoms with Gasteiger partial charge in [0.05, 0.1) is 0 Å². The van der Waals surface area contributed by atoms with E-state index in [1.807, 2.05) is 0 Å². The first-order valence-corrected chi connectivity index (χ1v) is 34.2. The van der Waals surface area contributed by atoms with Crippen LogP contribution in [0.15, 0.2) is 134 Å². The summed E-state index contributed by atoms with van der Waals surface area (Å²) >= 11 is 0. The van der Waals surface area contributed by atoms with Crippen LogP contribution in [0.3, 0.4) is 0 Å². The third-order valence-electron chi connectivity index (χ3n) is 14.4. The molecular weight excluding hydrogens is 1010 g/mol. The Kier molecular flexibility index (Phi) is 65.3. The summed E-state index contributed by atoms with van der Waals surface area (Å²) in [5.74, 6) is -0.923. The topological polar surface area (TPSA) is 78.9 Å². The zero-order valence-electron chi connectivity index (χ0n) is 53.5. The van der Waals surface area contributed by atoms with Crippen molar-refractivity contribution in [2.45, 2.75) is 316 Å². The van der Waals surface area contributed by atoms with E-state index in [4.69, 9.17) is 14.2 Å². The summed E-state index contributed by atoms with van der Waals surface area (Å²) in [6.07, 6.45) is 97.6. The minimum Gasteiger partial charge on any atom is -0.462 e. The molecule has 466 valence electrons. The van der Waals surface area contributed by atoms with Crippen molar-refractivity contribution in [1.82, 2.24) is 0 Å². The lowest BCUT2D eigenvalue weighted by Gasteiger charge is -2.18. The molecule has 0 saturated heterocycles. The quantitative estimate of drug-likeness (QED) is 0.0261. The zero-order chi connectivity index (χ0) is 59.2. The standard InChI is InChI=1S/C76H126O6/c1-4-7-10-13-16-19-22-24-26-28-30-32-34-35-36-37-38-39-40-41-43-44-46-48-50-52-54-57-60-63-66-69-75(78)81-72-73(71-80-74(77)68-65-62-59-56-21-18-15-12-9-6-3)82-76(79)70-67-64-61-58-55-53-51-49-47-45-42-33-31-29-27-25-23-20-17-14-11-8-5-2/h7,10,16,19,23-26,29-32,35-36,38-39,41,43,46,48,52,54,73H,4-6,8-9,11-15,17-18,20-22,27-28,33-34,37,40,42,44-45,47,49-51,53,55-72H2,1-3H3/b10-7-,19-16-,25-23-,26-24-,31-29-,32-30-,36-35-,39-38-,43-41-,48-46-,54-52-. The van der Waals surface area contributed by atoms with Crippen molar-refractivity contribution < 1.29 is 28.6 Å². The Balaban J connectivity index is 4.32. The van der Waals surface area contributed by atoms with E-state index in [1.54, 1.807) is 0 Å². The predicted octanol–water partition coefficient (Wildman–Crippen LogP) is 23.7. The van der Waals surface area contributed by atoms with E-state index in [2.05, 4.69) is 154 Å². The Morgan fingerprint density at radius 3 is 0.756 bits per heavy atom. The molecule has 0 aliphatic carbocycles. The first-order chi connectivity index (χ1) is 40.5. The summed E-state index contributed by atoms with van der Waals surface area (Å²) in [7, 11) is 0. The smallest absolute Gasteiger partial charge is 0.306 e. The minimum absolute atomic E-state index is 0.0901. The number of hydrogen-bond acceptors (Lipinski definition) is 6. The van der Waals surface area contributed by atoms with Crippen molar-refractivity contribution in [3.63, 3.8) is 0 Å². The molecule has 6 heteroatoms. The van der Waals surface area contributed by atoms with Crippen LogP contribution in [-0.4, -0.2) is 37.2 Å². The van der Waals surface area contributed by atoms with E-state index in [1.165, 1.54) is 141 Å². The maximum atomic E-state index is 12.9. The zero-order valence-corrected chi connectivity index (χ0v) is 53.5. The first kappa shape index (κ1) is 77.5. The van der Waals surface area contributed by atoms with Gasteiger partial charge in [0.1, 0.15) is 13.2 Å². The van der Waals surface area contributed by atoms with Crippen LogP contribution in [0.2, 0.25) is 0 Å². The Bertz CT molecular complexity index is 1730. The van der Waals surface area contributed by atoms with Gasteiger partial charge in [0, 0.05) is 19.3 Å². The van der Waals surface area contributed by atoms with Gasteiger partial charge in [-0.05, 0) is 122 Å². The highest BCUT2D eigenvalue weighted by Gasteiger charge is 2.19. The average molecular weight is 1140 g/mol. The van der Waals surface area contributed by atoms with E-state index in [9.17, 15) is 14.4 Å². The molecule has 0 heterocycles. The molecule has 0 radical (unpaired) electrons. The van der Waals surface area contributed by atoms with E-state index < -0.39 is 6.10 Å². The highest BCUT2D eigenvalue weighted by molar-refractivity contribution is 5.71. The first-order valence-electron chi connectivity index (χ1n) is 34.2. The molecule has 0 bridgehead atoms. The molecule has 0 rings (SSSR count). The average Bonchev–Trinajstić information content (AvgIpc) is 3.47. The van der Waals surface area contributed by atoms with Crippen LogP contribution >= 0.6 is 0 Å². The fourth-order valence-corrected chi connectivity index (χ4v) is 9.29. The fraction of sp³-hybridized carbons (Fsp3) is 0.671. The molecule has 1 unspecified atom stereocenters. The van der Waals surface area contributed by atoms with Crippen LogP contribution in [0.4, 0.5) is 0 Å². The number of unbranched alkanes of at least 4 members (excludes halogenated alkanes) is 28. The van der Waals surface area contributed by atoms with Crippen molar-refractivity contribution in [2.75, 3.05) is 13.2 Å². The van der Waals surface area contributed by atoms with Crippen LogP contribution in [0.1, 0.15) is 310 Å². The van der Waals surface area contributed by atoms with Crippen molar-refractivity contribution in [3.8, 4) is 0 Å². The Morgan fingerprint density at radius 1 is 0.256 bits per heavy atom. The number of ether oxygens (including phenoxy) is 3. The van der Waals surface area contributed by atoms with Crippen molar-refractivity contribution in [2.24, 2.45) is 0 Å².